The highest BCUT2D eigenvalue weighted by atomic mass is 19.1. The van der Waals surface area contributed by atoms with Crippen LogP contribution in [0.25, 0.3) is 0 Å². The molecular formula is C48H61F2N9O6. The van der Waals surface area contributed by atoms with Gasteiger partial charge < -0.3 is 40.1 Å². The van der Waals surface area contributed by atoms with Crippen LogP contribution in [0.4, 0.5) is 37.6 Å². The number of imide groups is 1. The Morgan fingerprint density at radius 1 is 1.00 bits per heavy atom. The fourth-order valence-corrected chi connectivity index (χ4v) is 12.0. The van der Waals surface area contributed by atoms with Crippen molar-refractivity contribution < 1.29 is 37.8 Å². The molecule has 4 aliphatic heterocycles. The summed E-state index contributed by atoms with van der Waals surface area (Å²) in [5, 5.41) is 19.1. The van der Waals surface area contributed by atoms with Gasteiger partial charge in [-0.05, 0) is 106 Å². The summed E-state index contributed by atoms with van der Waals surface area (Å²) >= 11 is 0. The molecule has 0 bridgehead atoms. The Morgan fingerprint density at radius 3 is 2.42 bits per heavy atom. The zero-order valence-corrected chi connectivity index (χ0v) is 37.6. The number of anilines is 5. The molecular weight excluding hydrogens is 837 g/mol. The van der Waals surface area contributed by atoms with Crippen molar-refractivity contribution in [1.29, 1.82) is 0 Å². The number of hydrogen-bond donors (Lipinski definition) is 4. The van der Waals surface area contributed by atoms with E-state index in [1.165, 1.54) is 12.1 Å². The van der Waals surface area contributed by atoms with Gasteiger partial charge in [0.1, 0.15) is 29.1 Å². The van der Waals surface area contributed by atoms with Crippen molar-refractivity contribution in [3.63, 3.8) is 0 Å². The lowest BCUT2D eigenvalue weighted by atomic mass is 9.89. The van der Waals surface area contributed by atoms with Crippen molar-refractivity contribution in [2.45, 2.75) is 108 Å². The molecule has 5 heterocycles. The molecule has 5 fully saturated rings. The molecule has 15 nitrogen and oxygen atoms in total. The summed E-state index contributed by atoms with van der Waals surface area (Å²) in [6, 6.07) is 7.82. The van der Waals surface area contributed by atoms with Crippen molar-refractivity contribution in [2.24, 2.45) is 17.8 Å². The first-order chi connectivity index (χ1) is 31.4. The minimum absolute atomic E-state index is 0.0431. The van der Waals surface area contributed by atoms with Crippen molar-refractivity contribution in [3.05, 3.63) is 59.3 Å². The normalized spacial score (nSPS) is 27.2. The number of methoxy groups -OCH3 is 1. The number of aliphatic hydroxyl groups excluding tert-OH is 1. The average molecular weight is 898 g/mol. The Morgan fingerprint density at radius 2 is 1.74 bits per heavy atom. The summed E-state index contributed by atoms with van der Waals surface area (Å²) in [5.41, 5.74) is 1.32. The van der Waals surface area contributed by atoms with Crippen LogP contribution in [0.3, 0.4) is 0 Å². The van der Waals surface area contributed by atoms with Gasteiger partial charge in [-0.15, -0.1) is 0 Å². The van der Waals surface area contributed by atoms with Gasteiger partial charge in [-0.2, -0.15) is 4.98 Å². The molecule has 3 aromatic rings. The topological polar surface area (TPSA) is 173 Å². The summed E-state index contributed by atoms with van der Waals surface area (Å²) in [6.07, 6.45) is 10.6. The fourth-order valence-electron chi connectivity index (χ4n) is 12.0. The molecule has 65 heavy (non-hydrogen) atoms. The van der Waals surface area contributed by atoms with Crippen molar-refractivity contribution in [3.8, 4) is 5.75 Å². The highest BCUT2D eigenvalue weighted by molar-refractivity contribution is 6.04. The lowest BCUT2D eigenvalue weighted by Gasteiger charge is -2.43. The summed E-state index contributed by atoms with van der Waals surface area (Å²) in [7, 11) is 3.32. The van der Waals surface area contributed by atoms with E-state index >= 15 is 8.78 Å². The number of ether oxygens (including phenoxy) is 1. The lowest BCUT2D eigenvalue weighted by Crippen LogP contribution is -2.55. The molecule has 9 rings (SSSR count). The van der Waals surface area contributed by atoms with Gasteiger partial charge in [0.2, 0.25) is 23.7 Å². The van der Waals surface area contributed by atoms with Crippen molar-refractivity contribution >= 4 is 52.5 Å². The summed E-state index contributed by atoms with van der Waals surface area (Å²) in [6.45, 7) is 5.92. The third kappa shape index (κ3) is 8.85. The highest BCUT2D eigenvalue weighted by Crippen LogP contribution is 2.47. The maximum atomic E-state index is 15.4. The standard InChI is InChI=1S/C48H61F2N9O6/c1-4-38-46(64)56(2)39-23-51-47(54-43(39)59(38)32-9-5-6-10-32)52-37-13-11-29(18-40(37)65-3)44(62)55-48(15-17-60)21-30-26-57(27-31(30)22-48)24-28-8-7-16-58(25-28)33-19-35(49)42(36(50)20-33)34-12-14-41(61)53-45(34)63/h11,13,18-20,23,28,30-32,34,38,60H,4-10,12,14-17,21-22,24-27H2,1-3H3,(H,55,62)(H,51,52,54)(H,53,61,63)/t28-,30-,31+,34?,38+,48?/m0/s1. The maximum absolute atomic E-state index is 15.4. The largest absolute Gasteiger partial charge is 0.495 e. The predicted octanol–water partition coefficient (Wildman–Crippen LogP) is 5.64. The number of likely N-dealkylation sites (tertiary alicyclic amines) is 1. The number of halogens is 2. The van der Waals surface area contributed by atoms with Gasteiger partial charge in [0.25, 0.3) is 5.91 Å². The molecule has 2 aromatic carbocycles. The van der Waals surface area contributed by atoms with Gasteiger partial charge in [0.05, 0.1) is 24.9 Å². The van der Waals surface area contributed by atoms with E-state index in [1.807, 2.05) is 11.8 Å². The molecule has 17 heteroatoms. The molecule has 2 unspecified atom stereocenters. The number of nitrogens with zero attached hydrogens (tertiary/aromatic N) is 6. The Labute approximate surface area is 378 Å². The van der Waals surface area contributed by atoms with E-state index < -0.39 is 34.9 Å². The second-order valence-electron chi connectivity index (χ2n) is 19.2. The number of carbonyl (C=O) groups excluding carboxylic acids is 4. The number of rotatable bonds is 13. The van der Waals surface area contributed by atoms with Gasteiger partial charge in [-0.1, -0.05) is 19.8 Å². The smallest absolute Gasteiger partial charge is 0.251 e. The molecule has 1 aromatic heterocycles. The van der Waals surface area contributed by atoms with E-state index in [2.05, 4.69) is 30.7 Å². The summed E-state index contributed by atoms with van der Waals surface area (Å²) in [4.78, 5) is 69.3. The van der Waals surface area contributed by atoms with Crippen LogP contribution in [0.5, 0.6) is 5.75 Å². The highest BCUT2D eigenvalue weighted by Gasteiger charge is 2.50. The minimum atomic E-state index is -1.03. The van der Waals surface area contributed by atoms with Crippen molar-refractivity contribution in [1.82, 2.24) is 25.5 Å². The molecule has 0 spiro atoms. The Balaban J connectivity index is 0.820. The SMILES string of the molecule is CC[C@@H]1C(=O)N(C)c2cnc(Nc3ccc(C(=O)NC4(CCO)C[C@H]5CN(C[C@@H]6CCCN(c7cc(F)c(C8CCC(=O)NC8=O)c(F)c7)C6)C[C@H]5C4)cc3OC)nc2N1C1CCCC1. The van der Waals surface area contributed by atoms with Crippen molar-refractivity contribution in [2.75, 3.05) is 73.5 Å². The number of carbonyl (C=O) groups is 4. The van der Waals surface area contributed by atoms with E-state index in [9.17, 15) is 24.3 Å². The molecule has 0 radical (unpaired) electrons. The third-order valence-electron chi connectivity index (χ3n) is 15.1. The molecule has 2 aliphatic carbocycles. The monoisotopic (exact) mass is 897 g/mol. The number of amides is 4. The molecule has 3 saturated heterocycles. The molecule has 348 valence electrons. The Kier molecular flexibility index (Phi) is 12.7. The number of aliphatic hydroxyl groups is 1. The van der Waals surface area contributed by atoms with E-state index in [1.54, 1.807) is 43.5 Å². The van der Waals surface area contributed by atoms with Crippen LogP contribution in [-0.4, -0.2) is 115 Å². The van der Waals surface area contributed by atoms with E-state index in [0.717, 1.165) is 76.8 Å². The van der Waals surface area contributed by atoms with E-state index in [4.69, 9.17) is 9.72 Å². The fraction of sp³-hybridized carbons (Fsp3) is 0.583. The number of piperidine rings is 2. The Bertz CT molecular complexity index is 2290. The predicted molar refractivity (Wildman–Crippen MR) is 242 cm³/mol. The number of fused-ring (bicyclic) bond motifs is 2. The van der Waals surface area contributed by atoms with Gasteiger partial charge >= 0.3 is 0 Å². The molecule has 4 N–H and O–H groups in total. The second-order valence-corrected chi connectivity index (χ2v) is 19.2. The van der Waals surface area contributed by atoms with Crippen LogP contribution in [0.2, 0.25) is 0 Å². The number of aromatic nitrogens is 2. The average Bonchev–Trinajstić information content (AvgIpc) is 4.02. The van der Waals surface area contributed by atoms with Crippen LogP contribution in [0.1, 0.15) is 106 Å². The zero-order chi connectivity index (χ0) is 45.6. The van der Waals surface area contributed by atoms with Gasteiger partial charge in [-0.3, -0.25) is 24.5 Å². The number of hydrogen-bond acceptors (Lipinski definition) is 12. The number of nitrogens with one attached hydrogen (secondary N) is 3. The summed E-state index contributed by atoms with van der Waals surface area (Å²) in [5.74, 6) is -1.33. The first-order valence-electron chi connectivity index (χ1n) is 23.5. The number of benzene rings is 2. The van der Waals surface area contributed by atoms with Gasteiger partial charge in [0, 0.05) is 81.2 Å². The lowest BCUT2D eigenvalue weighted by molar-refractivity contribution is -0.134. The summed E-state index contributed by atoms with van der Waals surface area (Å²) < 4.78 is 36.6. The third-order valence-corrected chi connectivity index (χ3v) is 15.1. The number of likely N-dealkylation sites (N-methyl/N-ethyl adjacent to an activating group) is 1. The van der Waals surface area contributed by atoms with Gasteiger partial charge in [0.15, 0.2) is 5.82 Å². The molecule has 6 atom stereocenters. The Hall–Kier alpha value is -5.42. The van der Waals surface area contributed by atoms with Gasteiger partial charge in [-0.25, -0.2) is 13.8 Å². The van der Waals surface area contributed by atoms with Crippen LogP contribution < -0.4 is 35.4 Å². The van der Waals surface area contributed by atoms with Crippen LogP contribution >= 0.6 is 0 Å². The molecule has 6 aliphatic rings. The van der Waals surface area contributed by atoms with Crippen LogP contribution in [0.15, 0.2) is 36.5 Å². The minimum Gasteiger partial charge on any atom is -0.495 e. The van der Waals surface area contributed by atoms with Crippen LogP contribution in [-0.2, 0) is 14.4 Å². The quantitative estimate of drug-likeness (QED) is 0.156. The molecule has 4 amide bonds. The van der Waals surface area contributed by atoms with Crippen LogP contribution in [0, 0.1) is 29.4 Å². The van der Waals surface area contributed by atoms with E-state index in [-0.39, 0.29) is 48.9 Å². The van der Waals surface area contributed by atoms with E-state index in [0.29, 0.717) is 78.0 Å². The first kappa shape index (κ1) is 44.8. The second kappa shape index (κ2) is 18.5. The zero-order valence-electron chi connectivity index (χ0n) is 37.6. The maximum Gasteiger partial charge on any atom is 0.251 e. The molecule has 2 saturated carbocycles. The first-order valence-corrected chi connectivity index (χ1v) is 23.5.